The van der Waals surface area contributed by atoms with E-state index in [9.17, 15) is 0 Å². The average Bonchev–Trinajstić information content (AvgIpc) is 3.01. The van der Waals surface area contributed by atoms with Crippen LogP contribution in [0, 0.1) is 0 Å². The van der Waals surface area contributed by atoms with Crippen LogP contribution in [0.2, 0.25) is 0 Å². The summed E-state index contributed by atoms with van der Waals surface area (Å²) in [5, 5.41) is 0. The molecular weight excluding hydrogens is 254 g/mol. The van der Waals surface area contributed by atoms with Crippen LogP contribution in [0.1, 0.15) is 12.8 Å². The van der Waals surface area contributed by atoms with Crippen molar-refractivity contribution in [3.8, 4) is 0 Å². The monoisotopic (exact) mass is 267 g/mol. The minimum Gasteiger partial charge on any atom is -0.371 e. The summed E-state index contributed by atoms with van der Waals surface area (Å²) >= 11 is 3.46. The van der Waals surface area contributed by atoms with E-state index in [0.717, 1.165) is 24.2 Å². The highest BCUT2D eigenvalue weighted by molar-refractivity contribution is 9.10. The highest BCUT2D eigenvalue weighted by Crippen LogP contribution is 2.38. The van der Waals surface area contributed by atoms with Crippen molar-refractivity contribution in [1.29, 1.82) is 0 Å². The molecule has 0 atom stereocenters. The lowest BCUT2D eigenvalue weighted by Gasteiger charge is -2.32. The van der Waals surface area contributed by atoms with Crippen molar-refractivity contribution >= 4 is 21.6 Å². The zero-order valence-corrected chi connectivity index (χ0v) is 10.2. The van der Waals surface area contributed by atoms with Crippen LogP contribution >= 0.6 is 15.9 Å². The minimum atomic E-state index is 0.284. The van der Waals surface area contributed by atoms with Crippen molar-refractivity contribution in [2.24, 2.45) is 0 Å². The number of hydrogen-bond donors (Lipinski definition) is 0. The van der Waals surface area contributed by atoms with Crippen LogP contribution in [-0.2, 0) is 4.74 Å². The van der Waals surface area contributed by atoms with Gasteiger partial charge in [-0.3, -0.25) is 0 Å². The molecule has 0 unspecified atom stereocenters. The van der Waals surface area contributed by atoms with E-state index in [4.69, 9.17) is 4.74 Å². The molecule has 2 fully saturated rings. The molecule has 2 saturated heterocycles. The molecule has 2 heterocycles. The third kappa shape index (κ3) is 1.91. The molecule has 2 nitrogen and oxygen atoms in total. The molecule has 0 N–H and O–H groups in total. The van der Waals surface area contributed by atoms with E-state index in [0.29, 0.717) is 0 Å². The highest BCUT2D eigenvalue weighted by Gasteiger charge is 2.46. The van der Waals surface area contributed by atoms with Gasteiger partial charge in [0.05, 0.1) is 12.2 Å². The predicted octanol–water partition coefficient (Wildman–Crippen LogP) is 2.82. The maximum Gasteiger partial charge on any atom is 0.0950 e. The van der Waals surface area contributed by atoms with E-state index in [-0.39, 0.29) is 5.60 Å². The Bertz CT molecular complexity index is 348. The van der Waals surface area contributed by atoms with Gasteiger partial charge in [-0.15, -0.1) is 0 Å². The van der Waals surface area contributed by atoms with Crippen molar-refractivity contribution in [2.45, 2.75) is 18.4 Å². The van der Waals surface area contributed by atoms with Gasteiger partial charge in [-0.05, 0) is 37.1 Å². The Hall–Kier alpha value is -0.540. The van der Waals surface area contributed by atoms with E-state index >= 15 is 0 Å². The van der Waals surface area contributed by atoms with Crippen LogP contribution in [-0.4, -0.2) is 25.3 Å². The molecule has 0 bridgehead atoms. The van der Waals surface area contributed by atoms with Gasteiger partial charge in [0, 0.05) is 23.2 Å². The normalized spacial score (nSPS) is 23.1. The molecule has 1 spiro atoms. The number of benzene rings is 1. The maximum absolute atomic E-state index is 5.51. The SMILES string of the molecule is Brc1ccc(N2CCC3(CC2)CO3)cc1. The second-order valence-corrected chi connectivity index (χ2v) is 5.35. The average molecular weight is 268 g/mol. The van der Waals surface area contributed by atoms with Crippen LogP contribution in [0.25, 0.3) is 0 Å². The first-order chi connectivity index (χ1) is 7.27. The minimum absolute atomic E-state index is 0.284. The Balaban J connectivity index is 1.70. The lowest BCUT2D eigenvalue weighted by molar-refractivity contribution is 0.259. The van der Waals surface area contributed by atoms with Crippen LogP contribution < -0.4 is 4.90 Å². The zero-order valence-electron chi connectivity index (χ0n) is 8.58. The fourth-order valence-electron chi connectivity index (χ4n) is 2.22. The van der Waals surface area contributed by atoms with Gasteiger partial charge < -0.3 is 9.64 Å². The quantitative estimate of drug-likeness (QED) is 0.728. The van der Waals surface area contributed by atoms with Gasteiger partial charge in [0.2, 0.25) is 0 Å². The summed E-state index contributed by atoms with van der Waals surface area (Å²) < 4.78 is 6.65. The van der Waals surface area contributed by atoms with Gasteiger partial charge in [-0.25, -0.2) is 0 Å². The zero-order chi connectivity index (χ0) is 10.3. The van der Waals surface area contributed by atoms with Gasteiger partial charge >= 0.3 is 0 Å². The Morgan fingerprint density at radius 1 is 1.13 bits per heavy atom. The Labute approximate surface area is 98.4 Å². The fourth-order valence-corrected chi connectivity index (χ4v) is 2.48. The molecule has 15 heavy (non-hydrogen) atoms. The van der Waals surface area contributed by atoms with Gasteiger partial charge in [-0.2, -0.15) is 0 Å². The predicted molar refractivity (Wildman–Crippen MR) is 64.3 cm³/mol. The third-order valence-electron chi connectivity index (χ3n) is 3.42. The van der Waals surface area contributed by atoms with Crippen LogP contribution in [0.4, 0.5) is 5.69 Å². The summed E-state index contributed by atoms with van der Waals surface area (Å²) in [5.74, 6) is 0. The van der Waals surface area contributed by atoms with E-state index in [1.807, 2.05) is 0 Å². The summed E-state index contributed by atoms with van der Waals surface area (Å²) in [5.41, 5.74) is 1.61. The largest absolute Gasteiger partial charge is 0.371 e. The van der Waals surface area contributed by atoms with E-state index in [1.54, 1.807) is 0 Å². The van der Waals surface area contributed by atoms with Gasteiger partial charge in [0.15, 0.2) is 0 Å². The van der Waals surface area contributed by atoms with Crippen molar-refractivity contribution in [1.82, 2.24) is 0 Å². The van der Waals surface area contributed by atoms with E-state index in [1.165, 1.54) is 18.5 Å². The Kier molecular flexibility index (Phi) is 2.25. The van der Waals surface area contributed by atoms with Crippen LogP contribution in [0.15, 0.2) is 28.7 Å². The molecule has 0 saturated carbocycles. The molecule has 80 valence electrons. The highest BCUT2D eigenvalue weighted by atomic mass is 79.9. The molecule has 3 rings (SSSR count). The van der Waals surface area contributed by atoms with Crippen molar-refractivity contribution < 1.29 is 4.74 Å². The first-order valence-electron chi connectivity index (χ1n) is 5.42. The molecule has 1 aromatic carbocycles. The molecule has 0 amide bonds. The fraction of sp³-hybridized carbons (Fsp3) is 0.500. The third-order valence-corrected chi connectivity index (χ3v) is 3.95. The van der Waals surface area contributed by atoms with Gasteiger partial charge in [-0.1, -0.05) is 15.9 Å². The summed E-state index contributed by atoms with van der Waals surface area (Å²) in [6.45, 7) is 3.24. The second-order valence-electron chi connectivity index (χ2n) is 4.44. The van der Waals surface area contributed by atoms with Crippen LogP contribution in [0.3, 0.4) is 0 Å². The van der Waals surface area contributed by atoms with Crippen molar-refractivity contribution in [3.63, 3.8) is 0 Å². The smallest absolute Gasteiger partial charge is 0.0950 e. The first-order valence-corrected chi connectivity index (χ1v) is 6.21. The Morgan fingerprint density at radius 3 is 2.27 bits per heavy atom. The summed E-state index contributed by atoms with van der Waals surface area (Å²) in [4.78, 5) is 2.44. The number of nitrogens with zero attached hydrogens (tertiary/aromatic N) is 1. The lowest BCUT2D eigenvalue weighted by atomic mass is 9.97. The number of hydrogen-bond acceptors (Lipinski definition) is 2. The molecule has 0 aliphatic carbocycles. The number of halogens is 1. The second kappa shape index (κ2) is 3.49. The first kappa shape index (κ1) is 9.67. The van der Waals surface area contributed by atoms with E-state index < -0.39 is 0 Å². The lowest BCUT2D eigenvalue weighted by Crippen LogP contribution is -2.37. The number of ether oxygens (including phenoxy) is 1. The summed E-state index contributed by atoms with van der Waals surface area (Å²) in [7, 11) is 0. The molecule has 0 aromatic heterocycles. The maximum atomic E-state index is 5.51. The summed E-state index contributed by atoms with van der Waals surface area (Å²) in [6.07, 6.45) is 2.37. The van der Waals surface area contributed by atoms with Crippen molar-refractivity contribution in [3.05, 3.63) is 28.7 Å². The standard InChI is InChI=1S/C12H14BrNO/c13-10-1-3-11(4-2-10)14-7-5-12(6-8-14)9-15-12/h1-4H,5-9H2. The number of piperidine rings is 1. The molecule has 3 heteroatoms. The molecule has 1 aromatic rings. The molecular formula is C12H14BrNO. The molecule has 2 aliphatic rings. The van der Waals surface area contributed by atoms with E-state index in [2.05, 4.69) is 45.1 Å². The summed E-state index contributed by atoms with van der Waals surface area (Å²) in [6, 6.07) is 8.56. The molecule has 0 radical (unpaired) electrons. The molecule has 2 aliphatic heterocycles. The topological polar surface area (TPSA) is 15.8 Å². The van der Waals surface area contributed by atoms with Gasteiger partial charge in [0.25, 0.3) is 0 Å². The van der Waals surface area contributed by atoms with Gasteiger partial charge in [0.1, 0.15) is 0 Å². The number of anilines is 1. The van der Waals surface area contributed by atoms with Crippen molar-refractivity contribution in [2.75, 3.05) is 24.6 Å². The van der Waals surface area contributed by atoms with Crippen LogP contribution in [0.5, 0.6) is 0 Å². The Morgan fingerprint density at radius 2 is 1.73 bits per heavy atom. The number of epoxide rings is 1. The number of rotatable bonds is 1.